The topological polar surface area (TPSA) is 92.0 Å². The molecule has 1 atom stereocenters. The number of benzene rings is 1. The monoisotopic (exact) mass is 327 g/mol. The van der Waals surface area contributed by atoms with Crippen LogP contribution in [0.15, 0.2) is 36.7 Å². The summed E-state index contributed by atoms with van der Waals surface area (Å²) in [5.41, 5.74) is 1.90. The molecule has 0 aliphatic heterocycles. The third kappa shape index (κ3) is 5.32. The summed E-state index contributed by atoms with van der Waals surface area (Å²) in [5.74, 6) is 0.711. The van der Waals surface area contributed by atoms with Gasteiger partial charge in [-0.2, -0.15) is 10.4 Å². The fraction of sp³-hybridized carbons (Fsp3) is 0.353. The standard InChI is InChI=1S/C17H21N5O2/c1-13(15-11-20-22(2)12-15)21-17(23)19-9-10-24-16-5-3-14(4-6-16)7-8-18/h3-6,11-13H,7,9-10H2,1-2H3,(H2,19,21,23). The van der Waals surface area contributed by atoms with E-state index < -0.39 is 0 Å². The molecular weight excluding hydrogens is 306 g/mol. The molecule has 0 aliphatic rings. The number of hydrogen-bond acceptors (Lipinski definition) is 4. The highest BCUT2D eigenvalue weighted by Gasteiger charge is 2.10. The second-order valence-corrected chi connectivity index (χ2v) is 5.40. The molecule has 0 aliphatic carbocycles. The molecule has 0 saturated heterocycles. The minimum absolute atomic E-state index is 0.118. The minimum Gasteiger partial charge on any atom is -0.492 e. The largest absolute Gasteiger partial charge is 0.492 e. The van der Waals surface area contributed by atoms with E-state index in [4.69, 9.17) is 10.00 Å². The number of nitriles is 1. The molecule has 0 radical (unpaired) electrons. The summed E-state index contributed by atoms with van der Waals surface area (Å²) in [6.45, 7) is 2.66. The van der Waals surface area contributed by atoms with Crippen LogP contribution in [-0.4, -0.2) is 29.0 Å². The molecule has 0 fully saturated rings. The molecule has 7 heteroatoms. The lowest BCUT2D eigenvalue weighted by molar-refractivity contribution is 0.233. The molecule has 0 bridgehead atoms. The zero-order chi connectivity index (χ0) is 17.4. The Balaban J connectivity index is 1.66. The van der Waals surface area contributed by atoms with E-state index in [1.165, 1.54) is 0 Å². The van der Waals surface area contributed by atoms with Gasteiger partial charge < -0.3 is 15.4 Å². The summed E-state index contributed by atoms with van der Waals surface area (Å²) < 4.78 is 7.24. The number of urea groups is 1. The van der Waals surface area contributed by atoms with Crippen molar-refractivity contribution in [2.24, 2.45) is 7.05 Å². The van der Waals surface area contributed by atoms with Crippen LogP contribution in [0.2, 0.25) is 0 Å². The van der Waals surface area contributed by atoms with Crippen molar-refractivity contribution in [1.29, 1.82) is 5.26 Å². The summed E-state index contributed by atoms with van der Waals surface area (Å²) >= 11 is 0. The first-order valence-corrected chi connectivity index (χ1v) is 7.70. The van der Waals surface area contributed by atoms with Gasteiger partial charge >= 0.3 is 6.03 Å². The number of carbonyl (C=O) groups is 1. The maximum atomic E-state index is 11.8. The molecular formula is C17H21N5O2. The maximum Gasteiger partial charge on any atom is 0.315 e. The van der Waals surface area contributed by atoms with Gasteiger partial charge in [-0.05, 0) is 24.6 Å². The Bertz CT molecular complexity index is 703. The fourth-order valence-electron chi connectivity index (χ4n) is 2.12. The lowest BCUT2D eigenvalue weighted by Gasteiger charge is -2.13. The van der Waals surface area contributed by atoms with Crippen LogP contribution in [0.25, 0.3) is 0 Å². The van der Waals surface area contributed by atoms with Gasteiger partial charge in [0.05, 0.1) is 31.3 Å². The normalized spacial score (nSPS) is 11.4. The van der Waals surface area contributed by atoms with E-state index in [0.29, 0.717) is 25.3 Å². The average Bonchev–Trinajstić information content (AvgIpc) is 3.00. The van der Waals surface area contributed by atoms with E-state index in [1.807, 2.05) is 44.4 Å². The van der Waals surface area contributed by atoms with Gasteiger partial charge in [0.2, 0.25) is 0 Å². The molecule has 1 unspecified atom stereocenters. The maximum absolute atomic E-state index is 11.8. The lowest BCUT2D eigenvalue weighted by Crippen LogP contribution is -2.38. The van der Waals surface area contributed by atoms with Crippen LogP contribution in [0.4, 0.5) is 4.79 Å². The minimum atomic E-state index is -0.251. The van der Waals surface area contributed by atoms with Gasteiger partial charge in [0.1, 0.15) is 12.4 Å². The molecule has 2 aromatic rings. The zero-order valence-electron chi connectivity index (χ0n) is 13.8. The third-order valence-electron chi connectivity index (χ3n) is 3.44. The molecule has 0 saturated carbocycles. The Hall–Kier alpha value is -3.01. The van der Waals surface area contributed by atoms with Crippen LogP contribution in [0, 0.1) is 11.3 Å². The van der Waals surface area contributed by atoms with E-state index >= 15 is 0 Å². The Labute approximate surface area is 141 Å². The van der Waals surface area contributed by atoms with Gasteiger partial charge in [0, 0.05) is 18.8 Å². The van der Waals surface area contributed by atoms with Crippen LogP contribution in [0.1, 0.15) is 24.1 Å². The third-order valence-corrected chi connectivity index (χ3v) is 3.44. The molecule has 1 heterocycles. The second kappa shape index (κ2) is 8.58. The Morgan fingerprint density at radius 3 is 2.79 bits per heavy atom. The molecule has 2 rings (SSSR count). The first-order valence-electron chi connectivity index (χ1n) is 7.70. The Morgan fingerprint density at radius 2 is 2.17 bits per heavy atom. The van der Waals surface area contributed by atoms with Crippen molar-refractivity contribution in [2.45, 2.75) is 19.4 Å². The first-order chi connectivity index (χ1) is 11.6. The fourth-order valence-corrected chi connectivity index (χ4v) is 2.12. The van der Waals surface area contributed by atoms with Crippen molar-refractivity contribution >= 4 is 6.03 Å². The van der Waals surface area contributed by atoms with Crippen LogP contribution >= 0.6 is 0 Å². The zero-order valence-corrected chi connectivity index (χ0v) is 13.8. The van der Waals surface area contributed by atoms with Crippen molar-refractivity contribution in [3.63, 3.8) is 0 Å². The summed E-state index contributed by atoms with van der Waals surface area (Å²) in [5, 5.41) is 18.3. The summed E-state index contributed by atoms with van der Waals surface area (Å²) in [4.78, 5) is 11.8. The number of amides is 2. The summed E-state index contributed by atoms with van der Waals surface area (Å²) in [6, 6.07) is 9.07. The van der Waals surface area contributed by atoms with E-state index in [1.54, 1.807) is 10.9 Å². The summed E-state index contributed by atoms with van der Waals surface area (Å²) in [6.07, 6.45) is 3.98. The number of aromatic nitrogens is 2. The number of nitrogens with one attached hydrogen (secondary N) is 2. The van der Waals surface area contributed by atoms with Gasteiger partial charge in [-0.15, -0.1) is 0 Å². The number of nitrogens with zero attached hydrogens (tertiary/aromatic N) is 3. The molecule has 24 heavy (non-hydrogen) atoms. The number of ether oxygens (including phenoxy) is 1. The van der Waals surface area contributed by atoms with E-state index in [0.717, 1.165) is 11.1 Å². The highest BCUT2D eigenvalue weighted by Crippen LogP contribution is 2.12. The summed E-state index contributed by atoms with van der Waals surface area (Å²) in [7, 11) is 1.83. The van der Waals surface area contributed by atoms with Gasteiger partial charge in [0.25, 0.3) is 0 Å². The quantitative estimate of drug-likeness (QED) is 0.760. The van der Waals surface area contributed by atoms with Crippen molar-refractivity contribution in [2.75, 3.05) is 13.2 Å². The molecule has 1 aromatic carbocycles. The molecule has 0 spiro atoms. The molecule has 2 amide bonds. The molecule has 1 aromatic heterocycles. The van der Waals surface area contributed by atoms with Gasteiger partial charge in [-0.1, -0.05) is 12.1 Å². The van der Waals surface area contributed by atoms with Crippen molar-refractivity contribution < 1.29 is 9.53 Å². The van der Waals surface area contributed by atoms with Gasteiger partial charge in [-0.25, -0.2) is 4.79 Å². The Kier molecular flexibility index (Phi) is 6.20. The highest BCUT2D eigenvalue weighted by molar-refractivity contribution is 5.74. The van der Waals surface area contributed by atoms with Gasteiger partial charge in [-0.3, -0.25) is 4.68 Å². The molecule has 126 valence electrons. The number of rotatable bonds is 7. The van der Waals surface area contributed by atoms with Gasteiger partial charge in [0.15, 0.2) is 0 Å². The number of carbonyl (C=O) groups excluding carboxylic acids is 1. The smallest absolute Gasteiger partial charge is 0.315 e. The van der Waals surface area contributed by atoms with Crippen molar-refractivity contribution in [3.05, 3.63) is 47.8 Å². The van der Waals surface area contributed by atoms with Crippen LogP contribution in [0.5, 0.6) is 5.75 Å². The molecule has 7 nitrogen and oxygen atoms in total. The Morgan fingerprint density at radius 1 is 1.42 bits per heavy atom. The number of hydrogen-bond donors (Lipinski definition) is 2. The van der Waals surface area contributed by atoms with E-state index in [-0.39, 0.29) is 12.1 Å². The van der Waals surface area contributed by atoms with E-state index in [2.05, 4.69) is 21.8 Å². The van der Waals surface area contributed by atoms with Crippen LogP contribution < -0.4 is 15.4 Å². The molecule has 2 N–H and O–H groups in total. The van der Waals surface area contributed by atoms with Crippen molar-refractivity contribution in [1.82, 2.24) is 20.4 Å². The predicted molar refractivity (Wildman–Crippen MR) is 89.4 cm³/mol. The lowest BCUT2D eigenvalue weighted by atomic mass is 10.2. The van der Waals surface area contributed by atoms with Crippen LogP contribution in [0.3, 0.4) is 0 Å². The van der Waals surface area contributed by atoms with E-state index in [9.17, 15) is 4.79 Å². The second-order valence-electron chi connectivity index (χ2n) is 5.40. The highest BCUT2D eigenvalue weighted by atomic mass is 16.5. The first kappa shape index (κ1) is 17.3. The van der Waals surface area contributed by atoms with Crippen molar-refractivity contribution in [3.8, 4) is 11.8 Å². The van der Waals surface area contributed by atoms with Crippen LogP contribution in [-0.2, 0) is 13.5 Å². The average molecular weight is 327 g/mol. The predicted octanol–water partition coefficient (Wildman–Crippen LogP) is 1.93. The SMILES string of the molecule is CC(NC(=O)NCCOc1ccc(CC#N)cc1)c1cnn(C)c1. The number of aryl methyl sites for hydroxylation is 1.